The van der Waals surface area contributed by atoms with Crippen molar-refractivity contribution in [3.05, 3.63) is 89.5 Å². The number of carbonyl (C=O) groups excluding carboxylic acids is 1. The van der Waals surface area contributed by atoms with E-state index in [-0.39, 0.29) is 24.0 Å². The van der Waals surface area contributed by atoms with Crippen molar-refractivity contribution in [2.45, 2.75) is 12.8 Å². The average molecular weight is 489 g/mol. The molecule has 0 saturated carbocycles. The van der Waals surface area contributed by atoms with Gasteiger partial charge in [-0.15, -0.1) is 0 Å². The summed E-state index contributed by atoms with van der Waals surface area (Å²) in [6.45, 7) is 0.664. The molecule has 0 spiro atoms. The molecule has 3 aromatic carbocycles. The van der Waals surface area contributed by atoms with Crippen LogP contribution in [0.1, 0.15) is 22.3 Å². The van der Waals surface area contributed by atoms with Crippen LogP contribution < -0.4 is 20.3 Å². The summed E-state index contributed by atoms with van der Waals surface area (Å²) in [5.41, 5.74) is 2.59. The lowest BCUT2D eigenvalue weighted by Gasteiger charge is -2.09. The molecule has 0 atom stereocenters. The fourth-order valence-electron chi connectivity index (χ4n) is 3.63. The summed E-state index contributed by atoms with van der Waals surface area (Å²) in [5.74, 6) is 1.21. The van der Waals surface area contributed by atoms with Crippen molar-refractivity contribution < 1.29 is 28.5 Å². The first-order valence-corrected chi connectivity index (χ1v) is 11.5. The van der Waals surface area contributed by atoms with Gasteiger partial charge in [0.05, 0.1) is 12.8 Å². The lowest BCUT2D eigenvalue weighted by molar-refractivity contribution is 0.0511. The molecule has 186 valence electrons. The second-order valence-corrected chi connectivity index (χ2v) is 8.05. The lowest BCUT2D eigenvalue weighted by atomic mass is 10.1. The van der Waals surface area contributed by atoms with Gasteiger partial charge < -0.3 is 29.1 Å². The molecule has 4 aromatic rings. The maximum atomic E-state index is 13.1. The van der Waals surface area contributed by atoms with E-state index in [0.29, 0.717) is 34.5 Å². The Balaban J connectivity index is 1.51. The number of benzene rings is 3. The molecule has 0 aliphatic heterocycles. The minimum absolute atomic E-state index is 0.0653. The quantitative estimate of drug-likeness (QED) is 0.247. The van der Waals surface area contributed by atoms with Crippen molar-refractivity contribution in [1.29, 1.82) is 0 Å². The Bertz CT molecular complexity index is 1400. The summed E-state index contributed by atoms with van der Waals surface area (Å²) in [5, 5.41) is 13.5. The number of amides is 1. The van der Waals surface area contributed by atoms with Gasteiger partial charge in [-0.25, -0.2) is 4.99 Å². The first-order valence-electron chi connectivity index (χ1n) is 11.5. The number of hydrogen-bond donors (Lipinski definition) is 2. The zero-order valence-electron chi connectivity index (χ0n) is 20.2. The van der Waals surface area contributed by atoms with E-state index in [2.05, 4.69) is 10.3 Å². The molecule has 0 bridgehead atoms. The van der Waals surface area contributed by atoms with E-state index in [1.165, 1.54) is 6.07 Å². The molecule has 1 aromatic heterocycles. The summed E-state index contributed by atoms with van der Waals surface area (Å²) in [6, 6.07) is 21.3. The molecule has 8 heteroatoms. The number of phenols is 1. The molecule has 0 saturated heterocycles. The van der Waals surface area contributed by atoms with Crippen molar-refractivity contribution in [3.8, 4) is 17.2 Å². The van der Waals surface area contributed by atoms with Gasteiger partial charge in [-0.3, -0.25) is 4.79 Å². The number of fused-ring (bicyclic) bond motifs is 1. The lowest BCUT2D eigenvalue weighted by Crippen LogP contribution is -2.29. The van der Waals surface area contributed by atoms with Crippen molar-refractivity contribution in [1.82, 2.24) is 5.32 Å². The molecule has 0 aliphatic rings. The molecular formula is C28H28N2O6. The molecular weight excluding hydrogens is 460 g/mol. The number of rotatable bonds is 10. The highest BCUT2D eigenvalue weighted by Gasteiger charge is 2.13. The Morgan fingerprint density at radius 1 is 1.00 bits per heavy atom. The molecule has 1 amide bonds. The minimum Gasteiger partial charge on any atom is -0.508 e. The van der Waals surface area contributed by atoms with E-state index in [0.717, 1.165) is 24.2 Å². The Labute approximate surface area is 208 Å². The van der Waals surface area contributed by atoms with Gasteiger partial charge in [0.2, 0.25) is 5.55 Å². The SMILES string of the molecule is COCOc1cccc(CCCNC(=O)c2cc3ccc(O)cc3oc2=Nc2ccc(OC)cc2)c1. The highest BCUT2D eigenvalue weighted by molar-refractivity contribution is 5.96. The Morgan fingerprint density at radius 2 is 1.83 bits per heavy atom. The van der Waals surface area contributed by atoms with E-state index >= 15 is 0 Å². The van der Waals surface area contributed by atoms with Crippen LogP contribution in [0.5, 0.6) is 17.2 Å². The number of methoxy groups -OCH3 is 2. The third kappa shape index (κ3) is 6.43. The van der Waals surface area contributed by atoms with Gasteiger partial charge >= 0.3 is 0 Å². The minimum atomic E-state index is -0.293. The molecule has 0 radical (unpaired) electrons. The Morgan fingerprint density at radius 3 is 2.61 bits per heavy atom. The molecule has 1 heterocycles. The number of hydrogen-bond acceptors (Lipinski definition) is 7. The summed E-state index contributed by atoms with van der Waals surface area (Å²) in [6.07, 6.45) is 1.51. The number of aromatic hydroxyl groups is 1. The first-order chi connectivity index (χ1) is 17.6. The van der Waals surface area contributed by atoms with Crippen molar-refractivity contribution in [2.75, 3.05) is 27.6 Å². The number of aryl methyl sites for hydroxylation is 1. The first kappa shape index (κ1) is 24.8. The highest BCUT2D eigenvalue weighted by Crippen LogP contribution is 2.21. The normalized spacial score (nSPS) is 11.4. The highest BCUT2D eigenvalue weighted by atomic mass is 16.7. The second kappa shape index (κ2) is 11.9. The predicted molar refractivity (Wildman–Crippen MR) is 136 cm³/mol. The molecule has 0 unspecified atom stereocenters. The van der Waals surface area contributed by atoms with Gasteiger partial charge in [-0.05, 0) is 73.0 Å². The van der Waals surface area contributed by atoms with Crippen LogP contribution >= 0.6 is 0 Å². The maximum Gasteiger partial charge on any atom is 0.256 e. The fraction of sp³-hybridized carbons (Fsp3) is 0.214. The van der Waals surface area contributed by atoms with E-state index in [4.69, 9.17) is 18.6 Å². The summed E-state index contributed by atoms with van der Waals surface area (Å²) < 4.78 is 21.5. The van der Waals surface area contributed by atoms with E-state index < -0.39 is 0 Å². The zero-order valence-corrected chi connectivity index (χ0v) is 20.2. The molecule has 4 rings (SSSR count). The average Bonchev–Trinajstić information content (AvgIpc) is 2.90. The molecule has 8 nitrogen and oxygen atoms in total. The van der Waals surface area contributed by atoms with E-state index in [9.17, 15) is 9.90 Å². The van der Waals surface area contributed by atoms with E-state index in [1.807, 2.05) is 24.3 Å². The topological polar surface area (TPSA) is 103 Å². The molecule has 0 aliphatic carbocycles. The smallest absolute Gasteiger partial charge is 0.256 e. The molecule has 0 fully saturated rings. The summed E-state index contributed by atoms with van der Waals surface area (Å²) in [4.78, 5) is 17.7. The second-order valence-electron chi connectivity index (χ2n) is 8.05. The standard InChI is InChI=1S/C28H28N2O6/c1-33-18-35-24-7-3-5-19(15-24)6-4-14-29-27(32)25-16-20-8-11-22(31)17-26(20)36-28(25)30-21-9-12-23(34-2)13-10-21/h3,5,7-13,15-17,31H,4,6,14,18H2,1-2H3,(H,29,32). The van der Waals surface area contributed by atoms with Crippen LogP contribution in [-0.4, -0.2) is 38.6 Å². The van der Waals surface area contributed by atoms with Gasteiger partial charge in [-0.1, -0.05) is 12.1 Å². The van der Waals surface area contributed by atoms with Crippen molar-refractivity contribution in [2.24, 2.45) is 4.99 Å². The monoisotopic (exact) mass is 488 g/mol. The van der Waals surface area contributed by atoms with Crippen LogP contribution in [0.2, 0.25) is 0 Å². The van der Waals surface area contributed by atoms with Crippen LogP contribution in [0.4, 0.5) is 5.69 Å². The van der Waals surface area contributed by atoms with Gasteiger partial charge in [-0.2, -0.15) is 0 Å². The number of nitrogens with zero attached hydrogens (tertiary/aromatic N) is 1. The van der Waals surface area contributed by atoms with Crippen LogP contribution in [0.3, 0.4) is 0 Å². The maximum absolute atomic E-state index is 13.1. The number of nitrogens with one attached hydrogen (secondary N) is 1. The van der Waals surface area contributed by atoms with Gasteiger partial charge in [0, 0.05) is 25.1 Å². The molecule has 36 heavy (non-hydrogen) atoms. The van der Waals surface area contributed by atoms with Gasteiger partial charge in [0.15, 0.2) is 6.79 Å². The third-order valence-electron chi connectivity index (χ3n) is 5.45. The summed E-state index contributed by atoms with van der Waals surface area (Å²) in [7, 11) is 3.17. The van der Waals surface area contributed by atoms with E-state index in [1.54, 1.807) is 56.7 Å². The predicted octanol–water partition coefficient (Wildman–Crippen LogP) is 4.72. The fourth-order valence-corrected chi connectivity index (χ4v) is 3.63. The third-order valence-corrected chi connectivity index (χ3v) is 5.45. The Hall–Kier alpha value is -4.30. The van der Waals surface area contributed by atoms with Crippen LogP contribution in [0, 0.1) is 0 Å². The zero-order chi connectivity index (χ0) is 25.3. The number of phenolic OH excluding ortho intramolecular Hbond substituents is 1. The number of ether oxygens (including phenoxy) is 3. The van der Waals surface area contributed by atoms with Crippen molar-refractivity contribution >= 4 is 22.6 Å². The summed E-state index contributed by atoms with van der Waals surface area (Å²) >= 11 is 0. The largest absolute Gasteiger partial charge is 0.508 e. The van der Waals surface area contributed by atoms with Crippen LogP contribution in [-0.2, 0) is 11.2 Å². The van der Waals surface area contributed by atoms with Crippen LogP contribution in [0.15, 0.2) is 82.2 Å². The Kier molecular flexibility index (Phi) is 8.20. The van der Waals surface area contributed by atoms with Crippen molar-refractivity contribution in [3.63, 3.8) is 0 Å². The van der Waals surface area contributed by atoms with Gasteiger partial charge in [0.1, 0.15) is 28.4 Å². The molecule has 2 N–H and O–H groups in total. The van der Waals surface area contributed by atoms with Crippen LogP contribution in [0.25, 0.3) is 11.0 Å². The van der Waals surface area contributed by atoms with Gasteiger partial charge in [0.25, 0.3) is 5.91 Å². The number of carbonyl (C=O) groups is 1.